The van der Waals surface area contributed by atoms with Crippen LogP contribution in [0.2, 0.25) is 10.0 Å². The van der Waals surface area contributed by atoms with Gasteiger partial charge in [0.05, 0.1) is 26.4 Å². The summed E-state index contributed by atoms with van der Waals surface area (Å²) in [5.41, 5.74) is 6.62. The number of ether oxygens (including phenoxy) is 2. The minimum absolute atomic E-state index is 0.118. The number of benzene rings is 1. The molecule has 0 radical (unpaired) electrons. The molecule has 1 rings (SSSR count). The Kier molecular flexibility index (Phi) is 8.45. The van der Waals surface area contributed by atoms with Gasteiger partial charge in [0.15, 0.2) is 5.96 Å². The molecule has 1 unspecified atom stereocenters. The number of nitrogens with one attached hydrogen (secondary N) is 1. The molecule has 0 aromatic heterocycles. The first-order valence-corrected chi connectivity index (χ1v) is 7.35. The highest BCUT2D eigenvalue weighted by molar-refractivity contribution is 6.35. The van der Waals surface area contributed by atoms with Gasteiger partial charge < -0.3 is 20.5 Å². The van der Waals surface area contributed by atoms with E-state index in [1.54, 1.807) is 19.2 Å². The Hall–Kier alpha value is -1.01. The number of rotatable bonds is 8. The van der Waals surface area contributed by atoms with Gasteiger partial charge in [0.25, 0.3) is 0 Å². The second kappa shape index (κ2) is 9.84. The summed E-state index contributed by atoms with van der Waals surface area (Å²) < 4.78 is 10.5. The molecule has 0 saturated carbocycles. The van der Waals surface area contributed by atoms with Gasteiger partial charge in [-0.3, -0.25) is 4.99 Å². The van der Waals surface area contributed by atoms with Crippen LogP contribution < -0.4 is 11.1 Å². The molecule has 21 heavy (non-hydrogen) atoms. The lowest BCUT2D eigenvalue weighted by molar-refractivity contribution is 0.128. The maximum atomic E-state index is 6.05. The minimum atomic E-state index is 0.118. The Balaban J connectivity index is 2.24. The topological polar surface area (TPSA) is 68.9 Å². The molecule has 0 amide bonds. The van der Waals surface area contributed by atoms with Gasteiger partial charge in [-0.1, -0.05) is 29.3 Å². The van der Waals surface area contributed by atoms with Crippen molar-refractivity contribution in [2.45, 2.75) is 19.6 Å². The van der Waals surface area contributed by atoms with Crippen molar-refractivity contribution in [3.63, 3.8) is 0 Å². The molecule has 1 atom stereocenters. The lowest BCUT2D eigenvalue weighted by atomic mass is 10.2. The fraction of sp³-hybridized carbons (Fsp3) is 0.500. The van der Waals surface area contributed by atoms with Gasteiger partial charge in [-0.15, -0.1) is 0 Å². The molecule has 0 bridgehead atoms. The fourth-order valence-electron chi connectivity index (χ4n) is 1.64. The molecule has 1 aromatic rings. The molecule has 0 saturated heterocycles. The summed E-state index contributed by atoms with van der Waals surface area (Å²) in [4.78, 5) is 4.16. The molecule has 0 heterocycles. The molecule has 0 aliphatic heterocycles. The van der Waals surface area contributed by atoms with Crippen molar-refractivity contribution in [3.05, 3.63) is 33.8 Å². The van der Waals surface area contributed by atoms with Crippen LogP contribution in [-0.4, -0.2) is 38.9 Å². The van der Waals surface area contributed by atoms with Crippen molar-refractivity contribution in [1.29, 1.82) is 0 Å². The Morgan fingerprint density at radius 3 is 2.86 bits per heavy atom. The zero-order valence-electron chi connectivity index (χ0n) is 12.2. The van der Waals surface area contributed by atoms with Gasteiger partial charge >= 0.3 is 0 Å². The van der Waals surface area contributed by atoms with Crippen LogP contribution >= 0.6 is 23.2 Å². The smallest absolute Gasteiger partial charge is 0.188 e. The highest BCUT2D eigenvalue weighted by Gasteiger charge is 2.02. The van der Waals surface area contributed by atoms with Crippen LogP contribution in [0.5, 0.6) is 0 Å². The summed E-state index contributed by atoms with van der Waals surface area (Å²) in [6.07, 6.45) is 0. The van der Waals surface area contributed by atoms with E-state index >= 15 is 0 Å². The van der Waals surface area contributed by atoms with Gasteiger partial charge in [0.2, 0.25) is 0 Å². The van der Waals surface area contributed by atoms with E-state index in [1.807, 2.05) is 13.0 Å². The van der Waals surface area contributed by atoms with E-state index in [1.165, 1.54) is 0 Å². The first-order chi connectivity index (χ1) is 10.0. The molecule has 3 N–H and O–H groups in total. The molecule has 0 spiro atoms. The van der Waals surface area contributed by atoms with Gasteiger partial charge in [-0.25, -0.2) is 0 Å². The molecule has 0 aliphatic carbocycles. The molecule has 5 nitrogen and oxygen atoms in total. The summed E-state index contributed by atoms with van der Waals surface area (Å²) in [5, 5.41) is 4.22. The molecular weight excluding hydrogens is 313 g/mol. The van der Waals surface area contributed by atoms with Gasteiger partial charge in [0, 0.05) is 23.2 Å². The van der Waals surface area contributed by atoms with Crippen molar-refractivity contribution in [1.82, 2.24) is 5.32 Å². The van der Waals surface area contributed by atoms with Crippen LogP contribution in [0.3, 0.4) is 0 Å². The summed E-state index contributed by atoms with van der Waals surface area (Å²) in [6, 6.07) is 5.44. The third kappa shape index (κ3) is 7.52. The van der Waals surface area contributed by atoms with Crippen molar-refractivity contribution < 1.29 is 9.47 Å². The highest BCUT2D eigenvalue weighted by atomic mass is 35.5. The first kappa shape index (κ1) is 18.0. The largest absolute Gasteiger partial charge is 0.383 e. The molecule has 0 aliphatic rings. The SMILES string of the molecule is COCC(C)NC(N)=NCCOCc1ccc(Cl)cc1Cl. The zero-order valence-corrected chi connectivity index (χ0v) is 13.7. The van der Waals surface area contributed by atoms with E-state index in [2.05, 4.69) is 10.3 Å². The number of aliphatic imine (C=N–C) groups is 1. The standard InChI is InChI=1S/C14H21Cl2N3O2/c1-10(8-20-2)19-14(17)18-5-6-21-9-11-3-4-12(15)7-13(11)16/h3-4,7,10H,5-6,8-9H2,1-2H3,(H3,17,18,19). The lowest BCUT2D eigenvalue weighted by Gasteiger charge is -2.13. The third-order valence-electron chi connectivity index (χ3n) is 2.60. The second-order valence-corrected chi connectivity index (χ2v) is 5.40. The zero-order chi connectivity index (χ0) is 15.7. The number of nitrogens with two attached hydrogens (primary N) is 1. The molecule has 118 valence electrons. The maximum Gasteiger partial charge on any atom is 0.188 e. The van der Waals surface area contributed by atoms with E-state index in [0.29, 0.717) is 42.4 Å². The third-order valence-corrected chi connectivity index (χ3v) is 3.19. The van der Waals surface area contributed by atoms with Gasteiger partial charge in [-0.05, 0) is 24.6 Å². The van der Waals surface area contributed by atoms with Crippen molar-refractivity contribution in [2.75, 3.05) is 26.9 Å². The van der Waals surface area contributed by atoms with Crippen LogP contribution in [0.25, 0.3) is 0 Å². The van der Waals surface area contributed by atoms with Crippen molar-refractivity contribution in [2.24, 2.45) is 10.7 Å². The van der Waals surface area contributed by atoms with E-state index in [4.69, 9.17) is 38.4 Å². The molecule has 0 fully saturated rings. The molecule has 1 aromatic carbocycles. The van der Waals surface area contributed by atoms with Crippen LogP contribution in [0.15, 0.2) is 23.2 Å². The van der Waals surface area contributed by atoms with Crippen LogP contribution in [0, 0.1) is 0 Å². The number of guanidine groups is 1. The van der Waals surface area contributed by atoms with Crippen LogP contribution in [-0.2, 0) is 16.1 Å². The van der Waals surface area contributed by atoms with E-state index in [9.17, 15) is 0 Å². The predicted molar refractivity (Wildman–Crippen MR) is 87.1 cm³/mol. The Labute approximate surface area is 135 Å². The highest BCUT2D eigenvalue weighted by Crippen LogP contribution is 2.21. The average molecular weight is 334 g/mol. The monoisotopic (exact) mass is 333 g/mol. The first-order valence-electron chi connectivity index (χ1n) is 6.60. The van der Waals surface area contributed by atoms with Crippen LogP contribution in [0.1, 0.15) is 12.5 Å². The number of hydrogen-bond donors (Lipinski definition) is 2. The number of halogens is 2. The summed E-state index contributed by atoms with van der Waals surface area (Å²) in [5.74, 6) is 0.382. The Bertz CT molecular complexity index is 470. The number of methoxy groups -OCH3 is 1. The summed E-state index contributed by atoms with van der Waals surface area (Å²) in [6.45, 7) is 3.88. The van der Waals surface area contributed by atoms with Gasteiger partial charge in [-0.2, -0.15) is 0 Å². The number of hydrogen-bond acceptors (Lipinski definition) is 3. The minimum Gasteiger partial charge on any atom is -0.383 e. The molecule has 7 heteroatoms. The quantitative estimate of drug-likeness (QED) is 0.435. The van der Waals surface area contributed by atoms with Crippen molar-refractivity contribution in [3.8, 4) is 0 Å². The normalized spacial score (nSPS) is 13.2. The van der Waals surface area contributed by atoms with E-state index < -0.39 is 0 Å². The lowest BCUT2D eigenvalue weighted by Crippen LogP contribution is -2.40. The fourth-order valence-corrected chi connectivity index (χ4v) is 2.10. The Morgan fingerprint density at radius 1 is 1.43 bits per heavy atom. The average Bonchev–Trinajstić information content (AvgIpc) is 2.40. The number of nitrogens with zero attached hydrogens (tertiary/aromatic N) is 1. The van der Waals surface area contributed by atoms with E-state index in [0.717, 1.165) is 5.56 Å². The summed E-state index contributed by atoms with van der Waals surface area (Å²) >= 11 is 11.9. The van der Waals surface area contributed by atoms with Crippen molar-refractivity contribution >= 4 is 29.2 Å². The second-order valence-electron chi connectivity index (χ2n) is 4.56. The molecular formula is C14H21Cl2N3O2. The van der Waals surface area contributed by atoms with E-state index in [-0.39, 0.29) is 6.04 Å². The Morgan fingerprint density at radius 2 is 2.19 bits per heavy atom. The van der Waals surface area contributed by atoms with Gasteiger partial charge in [0.1, 0.15) is 0 Å². The van der Waals surface area contributed by atoms with Crippen LogP contribution in [0.4, 0.5) is 0 Å². The summed E-state index contributed by atoms with van der Waals surface area (Å²) in [7, 11) is 1.64. The maximum absolute atomic E-state index is 6.05. The predicted octanol–water partition coefficient (Wildman–Crippen LogP) is 2.45.